The van der Waals surface area contributed by atoms with E-state index in [0.29, 0.717) is 0 Å². The molecule has 0 saturated carbocycles. The van der Waals surface area contributed by atoms with E-state index in [1.165, 1.54) is 14.1 Å². The number of carbonyl (C=O) groups excluding carboxylic acids is 1. The lowest BCUT2D eigenvalue weighted by Crippen LogP contribution is -2.65. The number of likely N-dealkylation sites (N-methyl/N-ethyl adjacent to an activating group) is 2. The molecule has 0 bridgehead atoms. The van der Waals surface area contributed by atoms with Crippen molar-refractivity contribution in [3.63, 3.8) is 0 Å². The van der Waals surface area contributed by atoms with Gasteiger partial charge in [0.05, 0.1) is 0 Å². The Balaban J connectivity index is 2.85. The first-order valence-corrected chi connectivity index (χ1v) is 5.20. The number of ether oxygens (including phenoxy) is 1. The minimum absolute atomic E-state index is 0.465. The van der Waals surface area contributed by atoms with Gasteiger partial charge in [0.15, 0.2) is 6.29 Å². The lowest BCUT2D eigenvalue weighted by Gasteiger charge is -2.40. The number of hydrogen-bond donors (Lipinski definition) is 6. The standard InChI is InChI=1S/C9H18N2O6/c1-10-3(8(15)11-2)7-5(13)4(12)6(14)9(16)17-7/h3-7,9-10,12-14,16H,1-2H3,(H,11,15). The van der Waals surface area contributed by atoms with Crippen molar-refractivity contribution in [1.29, 1.82) is 0 Å². The molecule has 0 aromatic rings. The molecule has 0 aromatic heterocycles. The second-order valence-corrected chi connectivity index (χ2v) is 3.84. The van der Waals surface area contributed by atoms with Gasteiger partial charge in [-0.15, -0.1) is 0 Å². The van der Waals surface area contributed by atoms with E-state index >= 15 is 0 Å². The predicted molar refractivity (Wildman–Crippen MR) is 55.8 cm³/mol. The smallest absolute Gasteiger partial charge is 0.239 e. The zero-order valence-electron chi connectivity index (χ0n) is 9.57. The van der Waals surface area contributed by atoms with Crippen LogP contribution in [-0.4, -0.2) is 77.2 Å². The molecule has 17 heavy (non-hydrogen) atoms. The molecule has 0 radical (unpaired) electrons. The second-order valence-electron chi connectivity index (χ2n) is 3.84. The highest BCUT2D eigenvalue weighted by molar-refractivity contribution is 5.82. The van der Waals surface area contributed by atoms with Gasteiger partial charge in [-0.3, -0.25) is 4.79 Å². The molecule has 6 atom stereocenters. The molecule has 1 aliphatic heterocycles. The van der Waals surface area contributed by atoms with E-state index < -0.39 is 42.7 Å². The molecule has 1 saturated heterocycles. The number of amides is 1. The summed E-state index contributed by atoms with van der Waals surface area (Å²) in [6.45, 7) is 0. The van der Waals surface area contributed by atoms with Crippen molar-refractivity contribution in [2.45, 2.75) is 36.7 Å². The lowest BCUT2D eigenvalue weighted by molar-refractivity contribution is -0.285. The molecule has 1 aliphatic rings. The molecule has 8 nitrogen and oxygen atoms in total. The van der Waals surface area contributed by atoms with Crippen molar-refractivity contribution in [2.24, 2.45) is 0 Å². The van der Waals surface area contributed by atoms with Gasteiger partial charge in [-0.2, -0.15) is 0 Å². The normalized spacial score (nSPS) is 39.8. The molecule has 1 fully saturated rings. The van der Waals surface area contributed by atoms with Crippen LogP contribution < -0.4 is 10.6 Å². The Kier molecular flexibility index (Phi) is 4.80. The molecule has 0 aromatic carbocycles. The van der Waals surface area contributed by atoms with Crippen molar-refractivity contribution in [3.8, 4) is 0 Å². The first kappa shape index (κ1) is 14.3. The van der Waals surface area contributed by atoms with E-state index in [4.69, 9.17) is 4.74 Å². The Hall–Kier alpha value is -0.770. The van der Waals surface area contributed by atoms with E-state index in [1.54, 1.807) is 0 Å². The molecule has 1 rings (SSSR count). The Labute approximate surface area is 98.2 Å². The highest BCUT2D eigenvalue weighted by Gasteiger charge is 2.47. The zero-order valence-corrected chi connectivity index (χ0v) is 9.57. The first-order valence-electron chi connectivity index (χ1n) is 5.20. The maximum absolute atomic E-state index is 11.5. The first-order chi connectivity index (χ1) is 7.93. The van der Waals surface area contributed by atoms with Crippen LogP contribution in [0.3, 0.4) is 0 Å². The van der Waals surface area contributed by atoms with Gasteiger partial charge in [-0.1, -0.05) is 0 Å². The molecule has 100 valence electrons. The fraction of sp³-hybridized carbons (Fsp3) is 0.889. The summed E-state index contributed by atoms with van der Waals surface area (Å²) < 4.78 is 4.93. The van der Waals surface area contributed by atoms with Gasteiger partial charge in [0.1, 0.15) is 30.5 Å². The summed E-state index contributed by atoms with van der Waals surface area (Å²) in [4.78, 5) is 11.5. The third-order valence-corrected chi connectivity index (χ3v) is 2.79. The Morgan fingerprint density at radius 3 is 2.18 bits per heavy atom. The maximum atomic E-state index is 11.5. The monoisotopic (exact) mass is 250 g/mol. The highest BCUT2D eigenvalue weighted by atomic mass is 16.6. The second kappa shape index (κ2) is 5.71. The predicted octanol–water partition coefficient (Wildman–Crippen LogP) is -3.88. The third kappa shape index (κ3) is 2.73. The van der Waals surface area contributed by atoms with Gasteiger partial charge in [-0.25, -0.2) is 0 Å². The number of rotatable bonds is 3. The molecule has 6 N–H and O–H groups in total. The Bertz CT molecular complexity index is 276. The maximum Gasteiger partial charge on any atom is 0.239 e. The van der Waals surface area contributed by atoms with Gasteiger partial charge in [0.2, 0.25) is 5.91 Å². The molecule has 8 heteroatoms. The Morgan fingerprint density at radius 2 is 1.71 bits per heavy atom. The van der Waals surface area contributed by atoms with Crippen LogP contribution >= 0.6 is 0 Å². The summed E-state index contributed by atoms with van der Waals surface area (Å²) in [6.07, 6.45) is -7.48. The third-order valence-electron chi connectivity index (χ3n) is 2.79. The highest BCUT2D eigenvalue weighted by Crippen LogP contribution is 2.22. The van der Waals surface area contributed by atoms with Crippen LogP contribution in [0.15, 0.2) is 0 Å². The van der Waals surface area contributed by atoms with E-state index in [9.17, 15) is 25.2 Å². The van der Waals surface area contributed by atoms with Crippen LogP contribution in [0.25, 0.3) is 0 Å². The van der Waals surface area contributed by atoms with Crippen LogP contribution in [0.5, 0.6) is 0 Å². The van der Waals surface area contributed by atoms with Crippen molar-refractivity contribution in [3.05, 3.63) is 0 Å². The average molecular weight is 250 g/mol. The number of carbonyl (C=O) groups is 1. The number of aliphatic hydroxyl groups is 4. The summed E-state index contributed by atoms with van der Waals surface area (Å²) in [5, 5.41) is 42.8. The lowest BCUT2D eigenvalue weighted by atomic mass is 9.93. The largest absolute Gasteiger partial charge is 0.388 e. The van der Waals surface area contributed by atoms with E-state index in [-0.39, 0.29) is 0 Å². The van der Waals surface area contributed by atoms with E-state index in [0.717, 1.165) is 0 Å². The summed E-state index contributed by atoms with van der Waals surface area (Å²) in [5.74, 6) is -0.465. The molecular formula is C9H18N2O6. The van der Waals surface area contributed by atoms with Crippen LogP contribution in [0.2, 0.25) is 0 Å². The summed E-state index contributed by atoms with van der Waals surface area (Å²) in [7, 11) is 2.88. The SMILES string of the molecule is CNC(=O)C(NC)C1OC(O)C(O)C(O)C1O. The van der Waals surface area contributed by atoms with Crippen molar-refractivity contribution < 1.29 is 30.0 Å². The molecule has 0 aliphatic carbocycles. The van der Waals surface area contributed by atoms with Gasteiger partial charge in [-0.05, 0) is 7.05 Å². The fourth-order valence-corrected chi connectivity index (χ4v) is 1.76. The molecule has 0 spiro atoms. The van der Waals surface area contributed by atoms with Gasteiger partial charge in [0.25, 0.3) is 0 Å². The number of nitrogens with one attached hydrogen (secondary N) is 2. The van der Waals surface area contributed by atoms with Crippen molar-refractivity contribution in [2.75, 3.05) is 14.1 Å². The topological polar surface area (TPSA) is 131 Å². The summed E-state index contributed by atoms with van der Waals surface area (Å²) in [6, 6.07) is -0.952. The van der Waals surface area contributed by atoms with E-state index in [2.05, 4.69) is 10.6 Å². The summed E-state index contributed by atoms with van der Waals surface area (Å²) >= 11 is 0. The van der Waals surface area contributed by atoms with Gasteiger partial charge in [0, 0.05) is 7.05 Å². The van der Waals surface area contributed by atoms with Gasteiger partial charge >= 0.3 is 0 Å². The molecule has 6 unspecified atom stereocenters. The van der Waals surface area contributed by atoms with Gasteiger partial charge < -0.3 is 35.8 Å². The van der Waals surface area contributed by atoms with Crippen LogP contribution in [-0.2, 0) is 9.53 Å². The molecular weight excluding hydrogens is 232 g/mol. The quantitative estimate of drug-likeness (QED) is 0.302. The fourth-order valence-electron chi connectivity index (χ4n) is 1.76. The molecule has 1 heterocycles. The zero-order chi connectivity index (χ0) is 13.2. The van der Waals surface area contributed by atoms with Crippen LogP contribution in [0, 0.1) is 0 Å². The summed E-state index contributed by atoms with van der Waals surface area (Å²) in [5.41, 5.74) is 0. The minimum Gasteiger partial charge on any atom is -0.388 e. The minimum atomic E-state index is -1.65. The van der Waals surface area contributed by atoms with Crippen molar-refractivity contribution in [1.82, 2.24) is 10.6 Å². The van der Waals surface area contributed by atoms with Crippen LogP contribution in [0.1, 0.15) is 0 Å². The van der Waals surface area contributed by atoms with E-state index in [1.807, 2.05) is 0 Å². The van der Waals surface area contributed by atoms with Crippen LogP contribution in [0.4, 0.5) is 0 Å². The Morgan fingerprint density at radius 1 is 1.12 bits per heavy atom. The number of hydrogen-bond acceptors (Lipinski definition) is 7. The van der Waals surface area contributed by atoms with Crippen molar-refractivity contribution >= 4 is 5.91 Å². The average Bonchev–Trinajstić information content (AvgIpc) is 2.33. The molecule has 1 amide bonds. The number of aliphatic hydroxyl groups excluding tert-OH is 4.